The van der Waals surface area contributed by atoms with E-state index in [1.807, 2.05) is 0 Å². The van der Waals surface area contributed by atoms with Gasteiger partial charge in [-0.3, -0.25) is 0 Å². The van der Waals surface area contributed by atoms with Crippen molar-refractivity contribution in [2.24, 2.45) is 0 Å². The van der Waals surface area contributed by atoms with Crippen LogP contribution in [0.4, 0.5) is 0 Å². The van der Waals surface area contributed by atoms with Crippen molar-refractivity contribution in [3.63, 3.8) is 0 Å². The number of hydrogen-bond donors (Lipinski definition) is 0. The third-order valence-electron chi connectivity index (χ3n) is 0. The Morgan fingerprint density at radius 2 is 1.00 bits per heavy atom. The number of hydrogen-bond acceptors (Lipinski definition) is 3. The molecule has 0 heterocycles. The van der Waals surface area contributed by atoms with Gasteiger partial charge in [0.1, 0.15) is 0 Å². The topological polar surface area (TPSA) is 51.2 Å². The summed E-state index contributed by atoms with van der Waals surface area (Å²) in [6.07, 6.45) is 0. The monoisotopic (exact) mass is 107 g/mol. The maximum absolute atomic E-state index is 8.48. The first kappa shape index (κ1) is 3.91. The van der Waals surface area contributed by atoms with Crippen LogP contribution in [0, 0.1) is 0 Å². The zero-order valence-corrected chi connectivity index (χ0v) is 2.60. The third kappa shape index (κ3) is 179. The number of rotatable bonds is 0. The first-order valence-electron chi connectivity index (χ1n) is 0.408. The van der Waals surface area contributed by atoms with Gasteiger partial charge >= 0.3 is 25.0 Å². The second kappa shape index (κ2) is 1.25. The fraction of sp³-hybridized carbons (Fsp3) is 0. The Balaban J connectivity index is 4.65. The standard InChI is InChI=1S/Co.3O. The molecular formula is CoO3. The Bertz CT molecular complexity index is 72.7. The van der Waals surface area contributed by atoms with Gasteiger partial charge in [-0.15, -0.1) is 0 Å². The molecule has 0 radical (unpaired) electrons. The third-order valence-corrected chi connectivity index (χ3v) is 0. The Labute approximate surface area is 26.0 Å². The average molecular weight is 107 g/mol. The molecule has 0 aromatic carbocycles. The molecule has 0 saturated carbocycles. The van der Waals surface area contributed by atoms with Gasteiger partial charge in [0.25, 0.3) is 0 Å². The zero-order valence-electron chi connectivity index (χ0n) is 1.56. The summed E-state index contributed by atoms with van der Waals surface area (Å²) < 4.78 is 25.4. The Hall–Kier alpha value is -0.0935. The van der Waals surface area contributed by atoms with E-state index in [1.54, 1.807) is 0 Å². The van der Waals surface area contributed by atoms with E-state index in [0.717, 1.165) is 0 Å². The Morgan fingerprint density at radius 1 is 1.00 bits per heavy atom. The molecule has 4 heavy (non-hydrogen) atoms. The van der Waals surface area contributed by atoms with Crippen LogP contribution < -0.4 is 0 Å². The molecule has 4 heteroatoms. The van der Waals surface area contributed by atoms with E-state index < -0.39 is 13.4 Å². The molecule has 0 aliphatic rings. The van der Waals surface area contributed by atoms with Crippen molar-refractivity contribution in [1.29, 1.82) is 0 Å². The predicted octanol–water partition coefficient (Wildman–Crippen LogP) is -0.359. The molecule has 3 nitrogen and oxygen atoms in total. The molecule has 0 amide bonds. The van der Waals surface area contributed by atoms with Crippen molar-refractivity contribution in [1.82, 2.24) is 0 Å². The van der Waals surface area contributed by atoms with Crippen molar-refractivity contribution in [2.75, 3.05) is 0 Å². The minimum atomic E-state index is -3.35. The molecular weight excluding hydrogens is 107 g/mol. The van der Waals surface area contributed by atoms with Crippen molar-refractivity contribution in [2.45, 2.75) is 0 Å². The first-order chi connectivity index (χ1) is 1.73. The molecule has 0 saturated heterocycles. The molecule has 0 rings (SSSR count). The van der Waals surface area contributed by atoms with E-state index in [4.69, 9.17) is 11.6 Å². The van der Waals surface area contributed by atoms with E-state index in [2.05, 4.69) is 0 Å². The van der Waals surface area contributed by atoms with Gasteiger partial charge in [0.05, 0.1) is 0 Å². The Morgan fingerprint density at radius 3 is 1.00 bits per heavy atom. The molecule has 0 fully saturated rings. The van der Waals surface area contributed by atoms with Crippen LogP contribution >= 0.6 is 0 Å². The molecule has 0 unspecified atom stereocenters. The van der Waals surface area contributed by atoms with Crippen molar-refractivity contribution >= 4 is 0 Å². The molecule has 0 bridgehead atoms. The summed E-state index contributed by atoms with van der Waals surface area (Å²) in [6, 6.07) is 0. The van der Waals surface area contributed by atoms with Crippen molar-refractivity contribution in [3.8, 4) is 0 Å². The van der Waals surface area contributed by atoms with E-state index in [1.165, 1.54) is 0 Å². The summed E-state index contributed by atoms with van der Waals surface area (Å²) in [6.45, 7) is 0. The maximum atomic E-state index is 8.48. The van der Waals surface area contributed by atoms with Crippen LogP contribution in [0.2, 0.25) is 0 Å². The van der Waals surface area contributed by atoms with Crippen LogP contribution in [-0.2, 0) is 25.0 Å². The fourth-order valence-electron chi connectivity index (χ4n) is 0. The van der Waals surface area contributed by atoms with E-state index in [9.17, 15) is 0 Å². The molecule has 0 aliphatic heterocycles. The van der Waals surface area contributed by atoms with Crippen LogP contribution in [-0.4, -0.2) is 0 Å². The molecule has 27 valence electrons. The van der Waals surface area contributed by atoms with E-state index in [0.29, 0.717) is 0 Å². The summed E-state index contributed by atoms with van der Waals surface area (Å²) >= 11 is -3.35. The second-order valence-corrected chi connectivity index (χ2v) is 0.687. The summed E-state index contributed by atoms with van der Waals surface area (Å²) in [5.74, 6) is 0. The second-order valence-electron chi connectivity index (χ2n) is 0.167. The molecule has 0 aliphatic carbocycles. The first-order valence-corrected chi connectivity index (χ1v) is 1.68. The van der Waals surface area contributed by atoms with Gasteiger partial charge in [-0.1, -0.05) is 0 Å². The predicted molar refractivity (Wildman–Crippen MR) is 2.06 cm³/mol. The van der Waals surface area contributed by atoms with Gasteiger partial charge in [0.2, 0.25) is 0 Å². The molecule has 0 aromatic rings. The van der Waals surface area contributed by atoms with Crippen LogP contribution in [0.25, 0.3) is 0 Å². The normalized spacial score (nSPS) is 8.25. The van der Waals surface area contributed by atoms with E-state index in [-0.39, 0.29) is 0 Å². The summed E-state index contributed by atoms with van der Waals surface area (Å²) in [4.78, 5) is 0. The summed E-state index contributed by atoms with van der Waals surface area (Å²) in [5, 5.41) is 0. The zero-order chi connectivity index (χ0) is 3.58. The van der Waals surface area contributed by atoms with Crippen molar-refractivity contribution in [3.05, 3.63) is 0 Å². The Kier molecular flexibility index (Phi) is 1.22. The van der Waals surface area contributed by atoms with Crippen LogP contribution in [0.15, 0.2) is 0 Å². The molecule has 0 N–H and O–H groups in total. The van der Waals surface area contributed by atoms with Gasteiger partial charge < -0.3 is 0 Å². The van der Waals surface area contributed by atoms with Crippen LogP contribution in [0.5, 0.6) is 0 Å². The van der Waals surface area contributed by atoms with Gasteiger partial charge in [-0.05, 0) is 0 Å². The molecule has 0 aromatic heterocycles. The van der Waals surface area contributed by atoms with E-state index >= 15 is 0 Å². The summed E-state index contributed by atoms with van der Waals surface area (Å²) in [7, 11) is 0. The quantitative estimate of drug-likeness (QED) is 0.424. The molecule has 0 spiro atoms. The summed E-state index contributed by atoms with van der Waals surface area (Å²) in [5.41, 5.74) is 0. The van der Waals surface area contributed by atoms with Crippen LogP contribution in [0.3, 0.4) is 0 Å². The average Bonchev–Trinajstić information content (AvgIpc) is 0.811. The SMILES string of the molecule is [O]=[Co](=[O])=[O]. The van der Waals surface area contributed by atoms with Crippen molar-refractivity contribution < 1.29 is 25.0 Å². The fourth-order valence-corrected chi connectivity index (χ4v) is 0. The van der Waals surface area contributed by atoms with Gasteiger partial charge in [-0.25, -0.2) is 0 Å². The van der Waals surface area contributed by atoms with Crippen LogP contribution in [0.1, 0.15) is 0 Å². The van der Waals surface area contributed by atoms with Gasteiger partial charge in [0, 0.05) is 0 Å². The van der Waals surface area contributed by atoms with Gasteiger partial charge in [-0.2, -0.15) is 0 Å². The minimum absolute atomic E-state index is 3.35. The molecule has 0 atom stereocenters. The van der Waals surface area contributed by atoms with Gasteiger partial charge in [0.15, 0.2) is 0 Å².